The summed E-state index contributed by atoms with van der Waals surface area (Å²) in [5, 5.41) is 32.9. The van der Waals surface area contributed by atoms with Crippen LogP contribution in [0.1, 0.15) is 71.8 Å². The van der Waals surface area contributed by atoms with Crippen LogP contribution in [0, 0.1) is 11.8 Å². The van der Waals surface area contributed by atoms with Gasteiger partial charge in [-0.25, -0.2) is 4.79 Å². The van der Waals surface area contributed by atoms with Gasteiger partial charge in [-0.05, 0) is 45.1 Å². The predicted octanol–water partition coefficient (Wildman–Crippen LogP) is 4.03. The average Bonchev–Trinajstić information content (AvgIpc) is 2.70. The molecule has 1 amide bonds. The molecule has 0 bridgehead atoms. The lowest BCUT2D eigenvalue weighted by atomic mass is 9.80. The zero-order valence-corrected chi connectivity index (χ0v) is 20.4. The fraction of sp³-hybridized carbons (Fsp3) is 0.615. The van der Waals surface area contributed by atoms with Crippen molar-refractivity contribution in [3.05, 3.63) is 48.2 Å². The van der Waals surface area contributed by atoms with E-state index in [2.05, 4.69) is 11.9 Å². The number of benzene rings is 1. The van der Waals surface area contributed by atoms with Crippen molar-refractivity contribution in [2.24, 2.45) is 11.8 Å². The Labute approximate surface area is 197 Å². The SMILES string of the molecule is C=C(C)[O-].CC(C)(C)OC(=O)N[C@@H](CC1CCCCC1)[C@@H](O)[C@@H](Cc1ccccc1)C(=O)O. The summed E-state index contributed by atoms with van der Waals surface area (Å²) in [7, 11) is 0. The lowest BCUT2D eigenvalue weighted by Crippen LogP contribution is -2.51. The summed E-state index contributed by atoms with van der Waals surface area (Å²) >= 11 is 0. The Hall–Kier alpha value is -2.54. The molecular formula is C26H40NO6-. The van der Waals surface area contributed by atoms with Gasteiger partial charge < -0.3 is 25.4 Å². The van der Waals surface area contributed by atoms with Crippen LogP contribution in [0.3, 0.4) is 0 Å². The maximum atomic E-state index is 12.4. The number of rotatable bonds is 8. The van der Waals surface area contributed by atoms with Crippen molar-refractivity contribution in [1.82, 2.24) is 5.32 Å². The molecule has 0 spiro atoms. The molecule has 1 aliphatic carbocycles. The van der Waals surface area contributed by atoms with Crippen molar-refractivity contribution in [2.75, 3.05) is 0 Å². The first-order valence-electron chi connectivity index (χ1n) is 11.7. The normalized spacial score (nSPS) is 17.0. The van der Waals surface area contributed by atoms with Crippen LogP contribution in [0.4, 0.5) is 4.79 Å². The Kier molecular flexibility index (Phi) is 12.0. The maximum Gasteiger partial charge on any atom is 0.407 e. The number of carbonyl (C=O) groups is 2. The number of allylic oxidation sites excluding steroid dienone is 1. The van der Waals surface area contributed by atoms with E-state index in [0.717, 1.165) is 31.2 Å². The highest BCUT2D eigenvalue weighted by Crippen LogP contribution is 2.29. The number of ether oxygens (including phenoxy) is 1. The Bertz CT molecular complexity index is 733. The molecular weight excluding hydrogens is 422 g/mol. The highest BCUT2D eigenvalue weighted by Gasteiger charge is 2.36. The molecule has 0 aromatic heterocycles. The molecule has 3 N–H and O–H groups in total. The van der Waals surface area contributed by atoms with Crippen LogP contribution >= 0.6 is 0 Å². The molecule has 0 heterocycles. The third kappa shape index (κ3) is 12.3. The van der Waals surface area contributed by atoms with Gasteiger partial charge in [-0.1, -0.05) is 69.4 Å². The minimum atomic E-state index is -1.21. The molecule has 186 valence electrons. The smallest absolute Gasteiger partial charge is 0.407 e. The molecule has 0 radical (unpaired) electrons. The average molecular weight is 463 g/mol. The van der Waals surface area contributed by atoms with Gasteiger partial charge in [-0.15, -0.1) is 12.3 Å². The number of aliphatic hydroxyl groups excluding tert-OH is 1. The van der Waals surface area contributed by atoms with E-state index in [1.165, 1.54) is 13.3 Å². The van der Waals surface area contributed by atoms with Gasteiger partial charge in [0.25, 0.3) is 0 Å². The molecule has 1 aromatic rings. The number of hydrogen-bond acceptors (Lipinski definition) is 5. The molecule has 33 heavy (non-hydrogen) atoms. The number of nitrogens with one attached hydrogen (secondary N) is 1. The summed E-state index contributed by atoms with van der Waals surface area (Å²) in [6, 6.07) is 8.59. The van der Waals surface area contributed by atoms with Gasteiger partial charge in [0.2, 0.25) is 0 Å². The molecule has 0 saturated heterocycles. The van der Waals surface area contributed by atoms with Crippen molar-refractivity contribution in [3.8, 4) is 0 Å². The van der Waals surface area contributed by atoms with E-state index in [1.54, 1.807) is 20.8 Å². The molecule has 2 rings (SSSR count). The van der Waals surface area contributed by atoms with E-state index >= 15 is 0 Å². The second-order valence-corrected chi connectivity index (χ2v) is 9.82. The van der Waals surface area contributed by atoms with E-state index in [4.69, 9.17) is 4.74 Å². The second kappa shape index (κ2) is 13.9. The van der Waals surface area contributed by atoms with Crippen LogP contribution in [0.2, 0.25) is 0 Å². The third-order valence-corrected chi connectivity index (χ3v) is 5.45. The molecule has 0 unspecified atom stereocenters. The van der Waals surface area contributed by atoms with Crippen LogP contribution in [-0.2, 0) is 16.0 Å². The van der Waals surface area contributed by atoms with Gasteiger partial charge in [-0.2, -0.15) is 0 Å². The van der Waals surface area contributed by atoms with E-state index < -0.39 is 35.7 Å². The minimum absolute atomic E-state index is 0.0833. The molecule has 1 aromatic carbocycles. The summed E-state index contributed by atoms with van der Waals surface area (Å²) in [5.74, 6) is -1.80. The van der Waals surface area contributed by atoms with E-state index in [9.17, 15) is 24.9 Å². The summed E-state index contributed by atoms with van der Waals surface area (Å²) in [5.41, 5.74) is 0.174. The Morgan fingerprint density at radius 3 is 2.21 bits per heavy atom. The topological polar surface area (TPSA) is 119 Å². The number of hydrogen-bond donors (Lipinski definition) is 3. The fourth-order valence-corrected chi connectivity index (χ4v) is 4.03. The standard InChI is InChI=1S/C23H35NO5.C3H6O/c1-23(2,3)29-22(28)24-19(15-17-12-8-5-9-13-17)20(25)18(21(26)27)14-16-10-6-4-7-11-16;1-3(2)4/h4,6-7,10-11,17-20,25H,5,8-9,12-15H2,1-3H3,(H,24,28)(H,26,27);4H,1H2,2H3/p-1/t18-,19+,20+;/m1./s1. The summed E-state index contributed by atoms with van der Waals surface area (Å²) in [4.78, 5) is 24.3. The van der Waals surface area contributed by atoms with Gasteiger partial charge in [0.1, 0.15) is 5.60 Å². The van der Waals surface area contributed by atoms with E-state index in [0.29, 0.717) is 12.3 Å². The monoisotopic (exact) mass is 462 g/mol. The number of carbonyl (C=O) groups excluding carboxylic acids is 1. The Morgan fingerprint density at radius 1 is 1.18 bits per heavy atom. The molecule has 0 aliphatic heterocycles. The maximum absolute atomic E-state index is 12.4. The molecule has 1 fully saturated rings. The molecule has 1 aliphatic rings. The lowest BCUT2D eigenvalue weighted by molar-refractivity contribution is -0.300. The van der Waals surface area contributed by atoms with Gasteiger partial charge in [-0.3, -0.25) is 4.79 Å². The fourth-order valence-electron chi connectivity index (χ4n) is 4.03. The first-order valence-corrected chi connectivity index (χ1v) is 11.7. The summed E-state index contributed by atoms with van der Waals surface area (Å²) < 4.78 is 5.36. The van der Waals surface area contributed by atoms with Gasteiger partial charge in [0.05, 0.1) is 18.1 Å². The number of aliphatic hydroxyl groups is 1. The third-order valence-electron chi connectivity index (χ3n) is 5.45. The van der Waals surface area contributed by atoms with Crippen molar-refractivity contribution in [3.63, 3.8) is 0 Å². The largest absolute Gasteiger partial charge is 0.876 e. The first-order chi connectivity index (χ1) is 15.4. The molecule has 1 saturated carbocycles. The van der Waals surface area contributed by atoms with Crippen molar-refractivity contribution >= 4 is 12.1 Å². The van der Waals surface area contributed by atoms with Crippen molar-refractivity contribution in [2.45, 2.75) is 90.4 Å². The van der Waals surface area contributed by atoms with Gasteiger partial charge in [0.15, 0.2) is 0 Å². The summed E-state index contributed by atoms with van der Waals surface area (Å²) in [6.45, 7) is 9.73. The van der Waals surface area contributed by atoms with E-state index in [-0.39, 0.29) is 12.2 Å². The van der Waals surface area contributed by atoms with Crippen LogP contribution in [-0.4, -0.2) is 40.0 Å². The number of aliphatic carboxylic acids is 1. The Balaban J connectivity index is 0.00000125. The quantitative estimate of drug-likeness (QED) is 0.502. The highest BCUT2D eigenvalue weighted by atomic mass is 16.6. The molecule has 7 nitrogen and oxygen atoms in total. The molecule has 3 atom stereocenters. The number of carboxylic acids is 1. The van der Waals surface area contributed by atoms with E-state index in [1.807, 2.05) is 30.3 Å². The van der Waals surface area contributed by atoms with Crippen LogP contribution in [0.5, 0.6) is 0 Å². The summed E-state index contributed by atoms with van der Waals surface area (Å²) in [6.07, 6.45) is 4.47. The number of carboxylic acid groups (broad SMARTS) is 1. The zero-order valence-electron chi connectivity index (χ0n) is 20.4. The number of amides is 1. The van der Waals surface area contributed by atoms with Gasteiger partial charge >= 0.3 is 12.1 Å². The first kappa shape index (κ1) is 28.5. The van der Waals surface area contributed by atoms with Crippen LogP contribution < -0.4 is 10.4 Å². The molecule has 7 heteroatoms. The number of alkyl carbamates (subject to hydrolysis) is 1. The van der Waals surface area contributed by atoms with Crippen molar-refractivity contribution in [1.29, 1.82) is 0 Å². The lowest BCUT2D eigenvalue weighted by Gasteiger charge is -2.33. The van der Waals surface area contributed by atoms with Crippen LogP contribution in [0.15, 0.2) is 42.7 Å². The predicted molar refractivity (Wildman–Crippen MR) is 126 cm³/mol. The minimum Gasteiger partial charge on any atom is -0.876 e. The highest BCUT2D eigenvalue weighted by molar-refractivity contribution is 5.72. The van der Waals surface area contributed by atoms with Crippen molar-refractivity contribution < 1.29 is 29.6 Å². The second-order valence-electron chi connectivity index (χ2n) is 9.82. The Morgan fingerprint density at radius 2 is 1.73 bits per heavy atom. The van der Waals surface area contributed by atoms with Gasteiger partial charge in [0, 0.05) is 0 Å². The zero-order chi connectivity index (χ0) is 25.0. The van der Waals surface area contributed by atoms with Crippen LogP contribution in [0.25, 0.3) is 0 Å².